The SMILES string of the molecule is COc1cc(OC)c(OC)cc1C=C1N=C(c2ccc(C(F)(F)F)cc2)OC1=O. The number of ether oxygens (including phenoxy) is 4. The molecule has 2 aromatic rings. The average Bonchev–Trinajstić information content (AvgIpc) is 3.07. The maximum Gasteiger partial charge on any atom is 0.416 e. The Balaban J connectivity index is 1.97. The van der Waals surface area contributed by atoms with E-state index in [9.17, 15) is 18.0 Å². The smallest absolute Gasteiger partial charge is 0.416 e. The third-order valence-electron chi connectivity index (χ3n) is 4.11. The van der Waals surface area contributed by atoms with E-state index in [4.69, 9.17) is 18.9 Å². The van der Waals surface area contributed by atoms with E-state index in [1.165, 1.54) is 39.5 Å². The Morgan fingerprint density at radius 2 is 1.52 bits per heavy atom. The van der Waals surface area contributed by atoms with Crippen molar-refractivity contribution in [2.45, 2.75) is 6.18 Å². The first-order chi connectivity index (χ1) is 13.8. The molecular formula is C20H16F3NO5. The van der Waals surface area contributed by atoms with Crippen molar-refractivity contribution < 1.29 is 36.9 Å². The molecule has 0 fully saturated rings. The number of methoxy groups -OCH3 is 3. The Bertz CT molecular complexity index is 994. The predicted octanol–water partition coefficient (Wildman–Crippen LogP) is 4.08. The molecule has 6 nitrogen and oxygen atoms in total. The molecular weight excluding hydrogens is 391 g/mol. The average molecular weight is 407 g/mol. The highest BCUT2D eigenvalue weighted by Gasteiger charge is 2.31. The number of hydrogen-bond acceptors (Lipinski definition) is 6. The van der Waals surface area contributed by atoms with Crippen LogP contribution < -0.4 is 14.2 Å². The second-order valence-electron chi connectivity index (χ2n) is 5.86. The van der Waals surface area contributed by atoms with Crippen molar-refractivity contribution in [3.63, 3.8) is 0 Å². The molecule has 1 aliphatic rings. The van der Waals surface area contributed by atoms with E-state index in [2.05, 4.69) is 4.99 Å². The number of nitrogens with zero attached hydrogens (tertiary/aromatic N) is 1. The maximum absolute atomic E-state index is 12.7. The molecule has 2 aromatic carbocycles. The van der Waals surface area contributed by atoms with E-state index >= 15 is 0 Å². The second-order valence-corrected chi connectivity index (χ2v) is 5.86. The highest BCUT2D eigenvalue weighted by atomic mass is 19.4. The fourth-order valence-corrected chi connectivity index (χ4v) is 2.65. The number of aliphatic imine (C=N–C) groups is 1. The van der Waals surface area contributed by atoms with E-state index in [0.29, 0.717) is 22.8 Å². The number of alkyl halides is 3. The molecule has 29 heavy (non-hydrogen) atoms. The van der Waals surface area contributed by atoms with Gasteiger partial charge in [-0.1, -0.05) is 0 Å². The molecule has 0 saturated heterocycles. The first-order valence-corrected chi connectivity index (χ1v) is 8.27. The Morgan fingerprint density at radius 1 is 0.931 bits per heavy atom. The van der Waals surface area contributed by atoms with Crippen LogP contribution in [0, 0.1) is 0 Å². The van der Waals surface area contributed by atoms with Crippen LogP contribution in [0.15, 0.2) is 47.1 Å². The molecule has 0 saturated carbocycles. The molecule has 1 heterocycles. The molecule has 9 heteroatoms. The third kappa shape index (κ3) is 4.18. The topological polar surface area (TPSA) is 66.3 Å². The molecule has 0 amide bonds. The van der Waals surface area contributed by atoms with Crippen LogP contribution in [0.1, 0.15) is 16.7 Å². The van der Waals surface area contributed by atoms with Crippen LogP contribution >= 0.6 is 0 Å². The molecule has 0 unspecified atom stereocenters. The lowest BCUT2D eigenvalue weighted by molar-refractivity contribution is -0.137. The summed E-state index contributed by atoms with van der Waals surface area (Å²) >= 11 is 0. The molecule has 0 aromatic heterocycles. The van der Waals surface area contributed by atoms with Gasteiger partial charge in [0.25, 0.3) is 0 Å². The molecule has 152 valence electrons. The molecule has 0 aliphatic carbocycles. The normalized spacial score (nSPS) is 15.2. The molecule has 0 spiro atoms. The number of esters is 1. The summed E-state index contributed by atoms with van der Waals surface area (Å²) in [6.07, 6.45) is -3.03. The maximum atomic E-state index is 12.7. The highest BCUT2D eigenvalue weighted by Crippen LogP contribution is 2.36. The number of rotatable bonds is 5. The second kappa shape index (κ2) is 7.86. The summed E-state index contributed by atoms with van der Waals surface area (Å²) in [6.45, 7) is 0. The van der Waals surface area contributed by atoms with Crippen LogP contribution in [0.4, 0.5) is 13.2 Å². The van der Waals surface area contributed by atoms with Gasteiger partial charge in [-0.05, 0) is 36.4 Å². The van der Waals surface area contributed by atoms with E-state index in [0.717, 1.165) is 12.1 Å². The van der Waals surface area contributed by atoms with Gasteiger partial charge in [0.05, 0.1) is 26.9 Å². The first kappa shape index (κ1) is 20.2. The van der Waals surface area contributed by atoms with Gasteiger partial charge in [-0.3, -0.25) is 0 Å². The number of hydrogen-bond donors (Lipinski definition) is 0. The monoisotopic (exact) mass is 407 g/mol. The fourth-order valence-electron chi connectivity index (χ4n) is 2.65. The molecule has 3 rings (SSSR count). The third-order valence-corrected chi connectivity index (χ3v) is 4.11. The van der Waals surface area contributed by atoms with E-state index < -0.39 is 17.7 Å². The quantitative estimate of drug-likeness (QED) is 0.552. The van der Waals surface area contributed by atoms with Crippen molar-refractivity contribution in [3.8, 4) is 17.2 Å². The summed E-state index contributed by atoms with van der Waals surface area (Å²) in [6, 6.07) is 7.36. The zero-order valence-corrected chi connectivity index (χ0v) is 15.7. The summed E-state index contributed by atoms with van der Waals surface area (Å²) in [7, 11) is 4.39. The minimum absolute atomic E-state index is 0.0367. The van der Waals surface area contributed by atoms with Crippen LogP contribution in [-0.4, -0.2) is 33.2 Å². The van der Waals surface area contributed by atoms with Gasteiger partial charge in [-0.25, -0.2) is 9.79 Å². The number of cyclic esters (lactones) is 1. The summed E-state index contributed by atoms with van der Waals surface area (Å²) in [5.41, 5.74) is -0.119. The summed E-state index contributed by atoms with van der Waals surface area (Å²) in [5, 5.41) is 0. The summed E-state index contributed by atoms with van der Waals surface area (Å²) in [4.78, 5) is 16.3. The zero-order chi connectivity index (χ0) is 21.2. The Labute approximate surface area is 164 Å². The van der Waals surface area contributed by atoms with Gasteiger partial charge in [-0.2, -0.15) is 13.2 Å². The van der Waals surface area contributed by atoms with E-state index in [-0.39, 0.29) is 17.2 Å². The standard InChI is InChI=1S/C20H16F3NO5/c1-26-15-10-17(28-3)16(27-2)9-12(15)8-14-19(25)29-18(24-14)11-4-6-13(7-5-11)20(21,22)23/h4-10H,1-3H3. The molecule has 0 bridgehead atoms. The van der Waals surface area contributed by atoms with Crippen molar-refractivity contribution in [2.24, 2.45) is 4.99 Å². The Kier molecular flexibility index (Phi) is 5.49. The van der Waals surface area contributed by atoms with Gasteiger partial charge in [0.1, 0.15) is 5.75 Å². The van der Waals surface area contributed by atoms with Crippen LogP contribution in [-0.2, 0) is 15.7 Å². The highest BCUT2D eigenvalue weighted by molar-refractivity contribution is 6.13. The minimum Gasteiger partial charge on any atom is -0.496 e. The van der Waals surface area contributed by atoms with E-state index in [1.54, 1.807) is 12.1 Å². The first-order valence-electron chi connectivity index (χ1n) is 8.27. The lowest BCUT2D eigenvalue weighted by Gasteiger charge is -2.12. The van der Waals surface area contributed by atoms with Crippen LogP contribution in [0.2, 0.25) is 0 Å². The van der Waals surface area contributed by atoms with Crippen molar-refractivity contribution in [3.05, 3.63) is 58.8 Å². The van der Waals surface area contributed by atoms with Gasteiger partial charge in [0, 0.05) is 17.2 Å². The predicted molar refractivity (Wildman–Crippen MR) is 98.1 cm³/mol. The van der Waals surface area contributed by atoms with Gasteiger partial charge in [-0.15, -0.1) is 0 Å². The lowest BCUT2D eigenvalue weighted by atomic mass is 10.1. The molecule has 0 N–H and O–H groups in total. The number of halogens is 3. The van der Waals surface area contributed by atoms with Crippen molar-refractivity contribution in [1.29, 1.82) is 0 Å². The lowest BCUT2D eigenvalue weighted by Crippen LogP contribution is -2.08. The van der Waals surface area contributed by atoms with Crippen molar-refractivity contribution >= 4 is 17.9 Å². The Morgan fingerprint density at radius 3 is 2.07 bits per heavy atom. The number of carbonyl (C=O) groups excluding carboxylic acids is 1. The van der Waals surface area contributed by atoms with Gasteiger partial charge in [0.2, 0.25) is 5.90 Å². The number of benzene rings is 2. The molecule has 1 aliphatic heterocycles. The van der Waals surface area contributed by atoms with Crippen LogP contribution in [0.25, 0.3) is 6.08 Å². The van der Waals surface area contributed by atoms with Gasteiger partial charge >= 0.3 is 12.1 Å². The van der Waals surface area contributed by atoms with Crippen LogP contribution in [0.5, 0.6) is 17.2 Å². The number of carbonyl (C=O) groups is 1. The van der Waals surface area contributed by atoms with Gasteiger partial charge in [0.15, 0.2) is 17.2 Å². The molecule has 0 radical (unpaired) electrons. The van der Waals surface area contributed by atoms with Crippen LogP contribution in [0.3, 0.4) is 0 Å². The zero-order valence-electron chi connectivity index (χ0n) is 15.7. The summed E-state index contributed by atoms with van der Waals surface area (Å²) < 4.78 is 58.9. The Hall–Kier alpha value is -3.49. The minimum atomic E-state index is -4.46. The van der Waals surface area contributed by atoms with Crippen molar-refractivity contribution in [2.75, 3.05) is 21.3 Å². The summed E-state index contributed by atoms with van der Waals surface area (Å²) in [5.74, 6) is 0.431. The van der Waals surface area contributed by atoms with E-state index in [1.807, 2.05) is 0 Å². The largest absolute Gasteiger partial charge is 0.496 e. The van der Waals surface area contributed by atoms with Gasteiger partial charge < -0.3 is 18.9 Å². The molecule has 0 atom stereocenters. The van der Waals surface area contributed by atoms with Crippen molar-refractivity contribution in [1.82, 2.24) is 0 Å². The fraction of sp³-hybridized carbons (Fsp3) is 0.200.